The van der Waals surface area contributed by atoms with Crippen LogP contribution < -0.4 is 10.2 Å². The van der Waals surface area contributed by atoms with Crippen molar-refractivity contribution >= 4 is 28.1 Å². The van der Waals surface area contributed by atoms with Gasteiger partial charge in [-0.25, -0.2) is 0 Å². The van der Waals surface area contributed by atoms with Crippen molar-refractivity contribution in [3.8, 4) is 0 Å². The molecule has 1 aliphatic rings. The van der Waals surface area contributed by atoms with Crippen molar-refractivity contribution in [3.05, 3.63) is 53.6 Å². The van der Waals surface area contributed by atoms with E-state index in [2.05, 4.69) is 29.3 Å². The third-order valence-corrected chi connectivity index (χ3v) is 5.98. The van der Waals surface area contributed by atoms with Gasteiger partial charge in [-0.05, 0) is 81.1 Å². The molecule has 1 saturated heterocycles. The summed E-state index contributed by atoms with van der Waals surface area (Å²) in [5, 5.41) is 2.98. The first kappa shape index (κ1) is 18.6. The molecule has 0 radical (unpaired) electrons. The molecule has 0 aliphatic carbocycles. The second kappa shape index (κ2) is 8.04. The van der Waals surface area contributed by atoms with Crippen LogP contribution in [-0.4, -0.2) is 29.0 Å². The summed E-state index contributed by atoms with van der Waals surface area (Å²) in [4.78, 5) is 15.7. The highest BCUT2D eigenvalue weighted by molar-refractivity contribution is 7.84. The number of rotatable bonds is 4. The highest BCUT2D eigenvalue weighted by atomic mass is 32.2. The molecular weight excluding hydrogens is 344 g/mol. The molecule has 1 aliphatic heterocycles. The summed E-state index contributed by atoms with van der Waals surface area (Å²) in [6.07, 6.45) is 5.40. The zero-order chi connectivity index (χ0) is 18.7. The number of anilines is 2. The van der Waals surface area contributed by atoms with E-state index >= 15 is 0 Å². The molecule has 1 N–H and O–H groups in total. The number of carbonyl (C=O) groups excluding carboxylic acids is 1. The summed E-state index contributed by atoms with van der Waals surface area (Å²) < 4.78 is 11.5. The fraction of sp³-hybridized carbons (Fsp3) is 0.381. The van der Waals surface area contributed by atoms with E-state index < -0.39 is 10.8 Å². The average Bonchev–Trinajstić information content (AvgIpc) is 2.64. The van der Waals surface area contributed by atoms with E-state index in [1.807, 2.05) is 13.0 Å². The average molecular weight is 371 g/mol. The summed E-state index contributed by atoms with van der Waals surface area (Å²) >= 11 is 0. The number of aryl methyl sites for hydroxylation is 1. The van der Waals surface area contributed by atoms with Gasteiger partial charge in [0.1, 0.15) is 0 Å². The Kier molecular flexibility index (Phi) is 5.77. The molecule has 0 spiro atoms. The van der Waals surface area contributed by atoms with Crippen LogP contribution in [0.4, 0.5) is 11.4 Å². The van der Waals surface area contributed by atoms with E-state index in [1.165, 1.54) is 24.9 Å². The lowest BCUT2D eigenvalue weighted by Gasteiger charge is -2.35. The Morgan fingerprint density at radius 3 is 2.50 bits per heavy atom. The molecule has 26 heavy (non-hydrogen) atoms. The van der Waals surface area contributed by atoms with E-state index in [-0.39, 0.29) is 5.91 Å². The molecule has 0 saturated carbocycles. The van der Waals surface area contributed by atoms with Gasteiger partial charge < -0.3 is 10.2 Å². The van der Waals surface area contributed by atoms with Crippen LogP contribution in [0, 0.1) is 6.92 Å². The Bertz CT molecular complexity index is 817. The zero-order valence-electron chi connectivity index (χ0n) is 15.6. The summed E-state index contributed by atoms with van der Waals surface area (Å²) in [6, 6.07) is 13.7. The van der Waals surface area contributed by atoms with Gasteiger partial charge >= 0.3 is 0 Å². The van der Waals surface area contributed by atoms with Gasteiger partial charge in [0, 0.05) is 51.5 Å². The van der Waals surface area contributed by atoms with Gasteiger partial charge in [-0.2, -0.15) is 0 Å². The van der Waals surface area contributed by atoms with Gasteiger partial charge in [-0.1, -0.05) is 0 Å². The fourth-order valence-electron chi connectivity index (χ4n) is 3.44. The second-order valence-electron chi connectivity index (χ2n) is 6.97. The first-order valence-electron chi connectivity index (χ1n) is 9.08. The maximum atomic E-state index is 12.5. The van der Waals surface area contributed by atoms with Crippen molar-refractivity contribution in [1.82, 2.24) is 0 Å². The highest BCUT2D eigenvalue weighted by Gasteiger charge is 2.19. The third kappa shape index (κ3) is 4.15. The minimum absolute atomic E-state index is 0.152. The van der Waals surface area contributed by atoms with Crippen molar-refractivity contribution in [2.24, 2.45) is 0 Å². The minimum Gasteiger partial charge on any atom is -0.369 e. The van der Waals surface area contributed by atoms with Gasteiger partial charge in [0.15, 0.2) is 0 Å². The van der Waals surface area contributed by atoms with Gasteiger partial charge in [0.25, 0.3) is 5.91 Å². The smallest absolute Gasteiger partial charge is 0.255 e. The number of nitrogens with zero attached hydrogens (tertiary/aromatic N) is 1. The van der Waals surface area contributed by atoms with Crippen LogP contribution in [0.5, 0.6) is 0 Å². The largest absolute Gasteiger partial charge is 0.369 e. The van der Waals surface area contributed by atoms with Gasteiger partial charge in [0.2, 0.25) is 0 Å². The van der Waals surface area contributed by atoms with E-state index in [4.69, 9.17) is 0 Å². The molecule has 2 unspecified atom stereocenters. The Hall–Kier alpha value is -2.14. The maximum absolute atomic E-state index is 12.5. The summed E-state index contributed by atoms with van der Waals surface area (Å²) in [6.45, 7) is 5.39. The van der Waals surface area contributed by atoms with Crippen molar-refractivity contribution in [2.75, 3.05) is 23.0 Å². The summed E-state index contributed by atoms with van der Waals surface area (Å²) in [5.41, 5.74) is 3.67. The topological polar surface area (TPSA) is 49.4 Å². The van der Waals surface area contributed by atoms with Crippen LogP contribution in [-0.2, 0) is 10.8 Å². The molecular formula is C21H26N2O2S. The van der Waals surface area contributed by atoms with Crippen molar-refractivity contribution < 1.29 is 9.00 Å². The molecule has 5 heteroatoms. The number of carbonyl (C=O) groups is 1. The highest BCUT2D eigenvalue weighted by Crippen LogP contribution is 2.28. The SMILES string of the molecule is Cc1cc(N2CCCCC2C)ccc1NC(=O)c1ccc(S(C)=O)cc1. The van der Waals surface area contributed by atoms with E-state index in [1.54, 1.807) is 30.5 Å². The van der Waals surface area contributed by atoms with Crippen molar-refractivity contribution in [2.45, 2.75) is 44.0 Å². The molecule has 2 atom stereocenters. The minimum atomic E-state index is -1.04. The number of piperidine rings is 1. The molecule has 1 heterocycles. The lowest BCUT2D eigenvalue weighted by atomic mass is 10.0. The molecule has 3 rings (SSSR count). The number of amides is 1. The van der Waals surface area contributed by atoms with Crippen LogP contribution in [0.1, 0.15) is 42.1 Å². The normalized spacial score (nSPS) is 18.4. The molecule has 1 amide bonds. The number of nitrogens with one attached hydrogen (secondary N) is 1. The second-order valence-corrected chi connectivity index (χ2v) is 8.35. The first-order chi connectivity index (χ1) is 12.5. The Balaban J connectivity index is 1.73. The van der Waals surface area contributed by atoms with Crippen LogP contribution in [0.3, 0.4) is 0 Å². The Morgan fingerprint density at radius 1 is 1.15 bits per heavy atom. The zero-order valence-corrected chi connectivity index (χ0v) is 16.4. The Labute approximate surface area is 158 Å². The van der Waals surface area contributed by atoms with Crippen LogP contribution >= 0.6 is 0 Å². The van der Waals surface area contributed by atoms with Gasteiger partial charge in [0.05, 0.1) is 0 Å². The standard InChI is InChI=1S/C21H26N2O2S/c1-15-14-18(23-13-5-4-6-16(23)2)9-12-20(15)22-21(24)17-7-10-19(11-8-17)26(3)25/h7-12,14,16H,4-6,13H2,1-3H3,(H,22,24). The Morgan fingerprint density at radius 2 is 1.88 bits per heavy atom. The molecule has 2 aromatic carbocycles. The molecule has 138 valence electrons. The van der Waals surface area contributed by atoms with E-state index in [0.717, 1.165) is 22.7 Å². The molecule has 0 bridgehead atoms. The lowest BCUT2D eigenvalue weighted by Crippen LogP contribution is -2.37. The number of benzene rings is 2. The van der Waals surface area contributed by atoms with Gasteiger partial charge in [-0.3, -0.25) is 9.00 Å². The third-order valence-electron chi connectivity index (χ3n) is 5.04. The van der Waals surface area contributed by atoms with Gasteiger partial charge in [-0.15, -0.1) is 0 Å². The molecule has 2 aromatic rings. The quantitative estimate of drug-likeness (QED) is 0.870. The van der Waals surface area contributed by atoms with E-state index in [9.17, 15) is 9.00 Å². The molecule has 1 fully saturated rings. The monoisotopic (exact) mass is 370 g/mol. The van der Waals surface area contributed by atoms with Crippen molar-refractivity contribution in [3.63, 3.8) is 0 Å². The molecule has 0 aromatic heterocycles. The van der Waals surface area contributed by atoms with Crippen LogP contribution in [0.25, 0.3) is 0 Å². The fourth-order valence-corrected chi connectivity index (χ4v) is 3.96. The van der Waals surface area contributed by atoms with Crippen molar-refractivity contribution in [1.29, 1.82) is 0 Å². The molecule has 4 nitrogen and oxygen atoms in total. The summed E-state index contributed by atoms with van der Waals surface area (Å²) in [7, 11) is -1.04. The maximum Gasteiger partial charge on any atom is 0.255 e. The number of hydrogen-bond donors (Lipinski definition) is 1. The van der Waals surface area contributed by atoms with Crippen LogP contribution in [0.2, 0.25) is 0 Å². The van der Waals surface area contributed by atoms with E-state index in [0.29, 0.717) is 11.6 Å². The first-order valence-corrected chi connectivity index (χ1v) is 10.6. The van der Waals surface area contributed by atoms with Crippen LogP contribution in [0.15, 0.2) is 47.4 Å². The lowest BCUT2D eigenvalue weighted by molar-refractivity contribution is 0.102. The summed E-state index contributed by atoms with van der Waals surface area (Å²) in [5.74, 6) is -0.152. The predicted molar refractivity (Wildman–Crippen MR) is 109 cm³/mol. The predicted octanol–water partition coefficient (Wildman–Crippen LogP) is 4.36. The number of hydrogen-bond acceptors (Lipinski definition) is 3.